The van der Waals surface area contributed by atoms with E-state index in [2.05, 4.69) is 5.32 Å². The Bertz CT molecular complexity index is 743. The van der Waals surface area contributed by atoms with Crippen molar-refractivity contribution in [3.05, 3.63) is 24.0 Å². The third kappa shape index (κ3) is 3.76. The van der Waals surface area contributed by atoms with Crippen LogP contribution in [0.15, 0.2) is 18.2 Å². The number of hydrogen-bond acceptors (Lipinski definition) is 5. The second-order valence-electron chi connectivity index (χ2n) is 6.32. The predicted octanol–water partition coefficient (Wildman–Crippen LogP) is 1.40. The smallest absolute Gasteiger partial charge is 0.414 e. The first kappa shape index (κ1) is 18.1. The highest BCUT2D eigenvalue weighted by atomic mass is 19.1. The Kier molecular flexibility index (Phi) is 5.06. The zero-order valence-electron chi connectivity index (χ0n) is 14.2. The molecular formula is C17H19F2N3O4. The topological polar surface area (TPSA) is 79.0 Å². The van der Waals surface area contributed by atoms with Crippen LogP contribution in [-0.2, 0) is 14.3 Å². The van der Waals surface area contributed by atoms with E-state index in [0.29, 0.717) is 5.69 Å². The molecule has 1 N–H and O–H groups in total. The number of nitrogens with zero attached hydrogens (tertiary/aromatic N) is 2. The number of benzene rings is 1. The fourth-order valence-electron chi connectivity index (χ4n) is 3.02. The Morgan fingerprint density at radius 3 is 2.77 bits per heavy atom. The highest BCUT2D eigenvalue weighted by molar-refractivity contribution is 5.90. The molecule has 0 bridgehead atoms. The maximum atomic E-state index is 14.5. The molecule has 0 radical (unpaired) electrons. The van der Waals surface area contributed by atoms with Gasteiger partial charge in [0.05, 0.1) is 31.0 Å². The zero-order chi connectivity index (χ0) is 18.8. The van der Waals surface area contributed by atoms with Crippen LogP contribution in [0.3, 0.4) is 0 Å². The van der Waals surface area contributed by atoms with Crippen LogP contribution in [-0.4, -0.2) is 56.2 Å². The third-order valence-electron chi connectivity index (χ3n) is 4.39. The van der Waals surface area contributed by atoms with E-state index in [1.54, 1.807) is 6.07 Å². The molecule has 7 nitrogen and oxygen atoms in total. The number of nitrogens with one attached hydrogen (secondary N) is 1. The average molecular weight is 367 g/mol. The number of ether oxygens (including phenoxy) is 1. The summed E-state index contributed by atoms with van der Waals surface area (Å²) < 4.78 is 33.2. The van der Waals surface area contributed by atoms with Gasteiger partial charge in [-0.25, -0.2) is 13.6 Å². The first-order chi connectivity index (χ1) is 12.3. The van der Waals surface area contributed by atoms with Crippen LogP contribution in [0.25, 0.3) is 0 Å². The number of anilines is 2. The second-order valence-corrected chi connectivity index (χ2v) is 6.32. The van der Waals surface area contributed by atoms with Gasteiger partial charge in [0.2, 0.25) is 5.91 Å². The molecule has 140 valence electrons. The van der Waals surface area contributed by atoms with Crippen molar-refractivity contribution >= 4 is 29.2 Å². The van der Waals surface area contributed by atoms with Crippen LogP contribution >= 0.6 is 0 Å². The van der Waals surface area contributed by atoms with E-state index in [9.17, 15) is 23.2 Å². The molecule has 2 fully saturated rings. The molecule has 1 aromatic carbocycles. The van der Waals surface area contributed by atoms with E-state index < -0.39 is 30.0 Å². The van der Waals surface area contributed by atoms with Crippen LogP contribution in [0.5, 0.6) is 0 Å². The van der Waals surface area contributed by atoms with Gasteiger partial charge in [-0.05, 0) is 18.2 Å². The van der Waals surface area contributed by atoms with Gasteiger partial charge in [0.15, 0.2) is 12.0 Å². The molecule has 2 aliphatic rings. The summed E-state index contributed by atoms with van der Waals surface area (Å²) in [6.07, 6.45) is -2.73. The maximum Gasteiger partial charge on any atom is 0.414 e. The fraction of sp³-hybridized carbons (Fsp3) is 0.471. The van der Waals surface area contributed by atoms with Crippen LogP contribution < -0.4 is 15.1 Å². The summed E-state index contributed by atoms with van der Waals surface area (Å²) in [5.74, 6) is -1.31. The Labute approximate surface area is 148 Å². The molecule has 26 heavy (non-hydrogen) atoms. The van der Waals surface area contributed by atoms with E-state index in [1.165, 1.54) is 28.9 Å². The summed E-state index contributed by atoms with van der Waals surface area (Å²) in [6, 6.07) is 4.19. The van der Waals surface area contributed by atoms with Gasteiger partial charge in [0.25, 0.3) is 0 Å². The van der Waals surface area contributed by atoms with Crippen LogP contribution in [0, 0.1) is 5.82 Å². The Morgan fingerprint density at radius 2 is 2.12 bits per heavy atom. The number of Topliss-reactive ketones (excluding diaryl/α,β-unsaturated/α-hetero) is 1. The Balaban J connectivity index is 1.70. The second kappa shape index (κ2) is 7.27. The summed E-state index contributed by atoms with van der Waals surface area (Å²) in [6.45, 7) is 1.79. The van der Waals surface area contributed by atoms with Crippen molar-refractivity contribution in [2.45, 2.75) is 25.6 Å². The Hall–Kier alpha value is -2.71. The molecule has 2 saturated heterocycles. The van der Waals surface area contributed by atoms with Gasteiger partial charge in [0, 0.05) is 19.9 Å². The van der Waals surface area contributed by atoms with Crippen molar-refractivity contribution in [1.29, 1.82) is 0 Å². The largest absolute Gasteiger partial charge is 0.442 e. The first-order valence-electron chi connectivity index (χ1n) is 8.29. The lowest BCUT2D eigenvalue weighted by Crippen LogP contribution is -2.42. The number of halogens is 2. The molecule has 9 heteroatoms. The molecule has 0 aliphatic carbocycles. The van der Waals surface area contributed by atoms with E-state index >= 15 is 0 Å². The molecule has 3 rings (SSSR count). The normalized spacial score (nSPS) is 23.2. The summed E-state index contributed by atoms with van der Waals surface area (Å²) in [7, 11) is 0. The van der Waals surface area contributed by atoms with E-state index in [0.717, 1.165) is 0 Å². The van der Waals surface area contributed by atoms with E-state index in [1.807, 2.05) is 0 Å². The van der Waals surface area contributed by atoms with Crippen molar-refractivity contribution in [2.24, 2.45) is 0 Å². The number of hydrogen-bond donors (Lipinski definition) is 1. The molecule has 1 aromatic rings. The highest BCUT2D eigenvalue weighted by Gasteiger charge is 2.33. The minimum absolute atomic E-state index is 0.0334. The predicted molar refractivity (Wildman–Crippen MR) is 89.4 cm³/mol. The summed E-state index contributed by atoms with van der Waals surface area (Å²) >= 11 is 0. The molecule has 2 aliphatic heterocycles. The number of cyclic esters (lactones) is 1. The summed E-state index contributed by atoms with van der Waals surface area (Å²) in [5, 5.41) is 2.56. The molecule has 0 spiro atoms. The molecule has 2 heterocycles. The van der Waals surface area contributed by atoms with Crippen molar-refractivity contribution in [3.8, 4) is 0 Å². The minimum atomic E-state index is -1.62. The van der Waals surface area contributed by atoms with Gasteiger partial charge in [-0.15, -0.1) is 0 Å². The van der Waals surface area contributed by atoms with Crippen LogP contribution in [0.2, 0.25) is 0 Å². The van der Waals surface area contributed by atoms with Crippen molar-refractivity contribution in [3.63, 3.8) is 0 Å². The van der Waals surface area contributed by atoms with Crippen molar-refractivity contribution in [2.75, 3.05) is 36.0 Å². The highest BCUT2D eigenvalue weighted by Crippen LogP contribution is 2.29. The van der Waals surface area contributed by atoms with Crippen LogP contribution in [0.1, 0.15) is 13.3 Å². The monoisotopic (exact) mass is 367 g/mol. The number of piperidine rings is 1. The fourth-order valence-corrected chi connectivity index (χ4v) is 3.02. The van der Waals surface area contributed by atoms with Crippen molar-refractivity contribution < 1.29 is 27.9 Å². The van der Waals surface area contributed by atoms with Gasteiger partial charge in [-0.1, -0.05) is 0 Å². The lowest BCUT2D eigenvalue weighted by Gasteiger charge is -2.30. The quantitative estimate of drug-likeness (QED) is 0.870. The number of ketones is 1. The summed E-state index contributed by atoms with van der Waals surface area (Å²) in [4.78, 5) is 36.9. The van der Waals surface area contributed by atoms with Gasteiger partial charge in [-0.2, -0.15) is 0 Å². The molecule has 2 amide bonds. The Morgan fingerprint density at radius 1 is 1.35 bits per heavy atom. The maximum absolute atomic E-state index is 14.5. The molecule has 0 aromatic heterocycles. The molecule has 0 saturated carbocycles. The molecule has 1 unspecified atom stereocenters. The number of rotatable bonds is 4. The number of carbonyl (C=O) groups excluding carboxylic acids is 3. The third-order valence-corrected chi connectivity index (χ3v) is 4.39. The van der Waals surface area contributed by atoms with Gasteiger partial charge in [-0.3, -0.25) is 14.5 Å². The van der Waals surface area contributed by atoms with Gasteiger partial charge < -0.3 is 15.0 Å². The van der Waals surface area contributed by atoms with Gasteiger partial charge >= 0.3 is 6.09 Å². The number of amides is 2. The van der Waals surface area contributed by atoms with E-state index in [-0.39, 0.29) is 44.2 Å². The first-order valence-corrected chi connectivity index (χ1v) is 8.29. The number of carbonyl (C=O) groups is 3. The van der Waals surface area contributed by atoms with Crippen molar-refractivity contribution in [1.82, 2.24) is 5.32 Å². The zero-order valence-corrected chi connectivity index (χ0v) is 14.2. The lowest BCUT2D eigenvalue weighted by atomic mass is 10.1. The SMILES string of the molecule is CC(=O)NC[C@H]1CN(c2ccc(N3CCC(=O)C(F)C3)c(F)c2)C(=O)O1. The van der Waals surface area contributed by atoms with Gasteiger partial charge in [0.1, 0.15) is 11.9 Å². The standard InChI is InChI=1S/C17H19F2N3O4/c1-10(23)20-7-12-8-22(17(25)26-12)11-2-3-15(13(18)6-11)21-5-4-16(24)14(19)9-21/h2-3,6,12,14H,4-5,7-9H2,1H3,(H,20,23)/t12-,14?/m0/s1. The lowest BCUT2D eigenvalue weighted by molar-refractivity contribution is -0.124. The molecule has 2 atom stereocenters. The number of alkyl halides is 1. The van der Waals surface area contributed by atoms with E-state index in [4.69, 9.17) is 4.74 Å². The van der Waals surface area contributed by atoms with Crippen LogP contribution in [0.4, 0.5) is 25.0 Å². The minimum Gasteiger partial charge on any atom is -0.442 e. The average Bonchev–Trinajstić information content (AvgIpc) is 2.96. The summed E-state index contributed by atoms with van der Waals surface area (Å²) in [5.41, 5.74) is 0.498. The molecular weight excluding hydrogens is 348 g/mol.